The van der Waals surface area contributed by atoms with Gasteiger partial charge in [-0.15, -0.1) is 9.97 Å². The first-order valence-electron chi connectivity index (χ1n) is 8.38. The highest BCUT2D eigenvalue weighted by Crippen LogP contribution is 2.37. The zero-order valence-corrected chi connectivity index (χ0v) is 17.0. The van der Waals surface area contributed by atoms with Crippen LogP contribution in [0.15, 0.2) is 23.4 Å². The van der Waals surface area contributed by atoms with E-state index in [1.54, 1.807) is 13.0 Å². The van der Waals surface area contributed by atoms with Gasteiger partial charge in [0.2, 0.25) is 5.91 Å². The molecule has 2 rings (SSSR count). The van der Waals surface area contributed by atoms with Crippen molar-refractivity contribution in [3.05, 3.63) is 39.4 Å². The van der Waals surface area contributed by atoms with Crippen LogP contribution in [0.5, 0.6) is 17.5 Å². The zero-order chi connectivity index (χ0) is 23.1. The predicted molar refractivity (Wildman–Crippen MR) is 103 cm³/mol. The van der Waals surface area contributed by atoms with Gasteiger partial charge < -0.3 is 24.5 Å². The van der Waals surface area contributed by atoms with Gasteiger partial charge in [-0.1, -0.05) is 0 Å². The second-order valence-corrected chi connectivity index (χ2v) is 6.83. The molecule has 1 heterocycles. The van der Waals surface area contributed by atoms with Crippen LogP contribution in [0, 0.1) is 21.4 Å². The molecule has 2 N–H and O–H groups in total. The SMILES string of the molecule is CCOC(=O)COc1nc([S+](C)[O-])nc(Oc2ccc(C#N)c(C(N)=O)c2)c1[N+](=O)[O-]. The number of aromatic nitrogens is 2. The Morgan fingerprint density at radius 2 is 2.00 bits per heavy atom. The van der Waals surface area contributed by atoms with Gasteiger partial charge in [-0.25, -0.2) is 4.79 Å². The topological polar surface area (TPSA) is 204 Å². The van der Waals surface area contributed by atoms with Crippen molar-refractivity contribution in [2.75, 3.05) is 19.5 Å². The van der Waals surface area contributed by atoms with Crippen LogP contribution in [0.1, 0.15) is 22.8 Å². The number of nitriles is 1. The molecule has 0 saturated carbocycles. The quantitative estimate of drug-likeness (QED) is 0.186. The maximum absolute atomic E-state index is 11.9. The fourth-order valence-electron chi connectivity index (χ4n) is 2.18. The number of carbonyl (C=O) groups is 2. The third-order valence-corrected chi connectivity index (χ3v) is 4.16. The van der Waals surface area contributed by atoms with E-state index in [0.29, 0.717) is 0 Å². The van der Waals surface area contributed by atoms with E-state index in [1.807, 2.05) is 0 Å². The van der Waals surface area contributed by atoms with Gasteiger partial charge in [-0.2, -0.15) is 5.26 Å². The Labute approximate surface area is 178 Å². The number of esters is 1. The summed E-state index contributed by atoms with van der Waals surface area (Å²) in [6.07, 6.45) is 1.22. The number of primary amides is 1. The van der Waals surface area contributed by atoms with Crippen LogP contribution in [-0.2, 0) is 20.7 Å². The van der Waals surface area contributed by atoms with Crippen LogP contribution in [0.25, 0.3) is 0 Å². The lowest BCUT2D eigenvalue weighted by atomic mass is 10.1. The van der Waals surface area contributed by atoms with Crippen LogP contribution < -0.4 is 15.2 Å². The van der Waals surface area contributed by atoms with Gasteiger partial charge in [-0.3, -0.25) is 14.9 Å². The first kappa shape index (κ1) is 23.3. The lowest BCUT2D eigenvalue weighted by Crippen LogP contribution is -2.17. The highest BCUT2D eigenvalue weighted by molar-refractivity contribution is 7.90. The molecule has 0 bridgehead atoms. The summed E-state index contributed by atoms with van der Waals surface area (Å²) in [6.45, 7) is 0.921. The van der Waals surface area contributed by atoms with Crippen molar-refractivity contribution in [1.29, 1.82) is 5.26 Å². The molecule has 1 amide bonds. The van der Waals surface area contributed by atoms with Crippen molar-refractivity contribution >= 4 is 28.7 Å². The maximum Gasteiger partial charge on any atom is 0.393 e. The maximum atomic E-state index is 11.9. The van der Waals surface area contributed by atoms with E-state index in [9.17, 15) is 24.3 Å². The van der Waals surface area contributed by atoms with Crippen molar-refractivity contribution in [1.82, 2.24) is 9.97 Å². The molecule has 0 aliphatic heterocycles. The van der Waals surface area contributed by atoms with Crippen molar-refractivity contribution in [3.63, 3.8) is 0 Å². The highest BCUT2D eigenvalue weighted by atomic mass is 32.2. The molecule has 1 aromatic carbocycles. The van der Waals surface area contributed by atoms with Crippen molar-refractivity contribution in [2.45, 2.75) is 12.1 Å². The van der Waals surface area contributed by atoms with E-state index in [2.05, 4.69) is 14.7 Å². The molecular weight excluding hydrogens is 434 g/mol. The number of amides is 1. The van der Waals surface area contributed by atoms with E-state index in [0.717, 1.165) is 6.07 Å². The third kappa shape index (κ3) is 5.78. The minimum absolute atomic E-state index is 0.0363. The number of nitro groups is 1. The van der Waals surface area contributed by atoms with Gasteiger partial charge in [0, 0.05) is 11.2 Å². The smallest absolute Gasteiger partial charge is 0.393 e. The monoisotopic (exact) mass is 449 g/mol. The summed E-state index contributed by atoms with van der Waals surface area (Å²) in [5, 5.41) is 20.3. The lowest BCUT2D eigenvalue weighted by molar-refractivity contribution is -0.387. The van der Waals surface area contributed by atoms with Crippen LogP contribution in [0.2, 0.25) is 0 Å². The summed E-state index contributed by atoms with van der Waals surface area (Å²) in [4.78, 5) is 41.3. The summed E-state index contributed by atoms with van der Waals surface area (Å²) in [5.41, 5.74) is 4.15. The number of nitrogens with zero attached hydrogens (tertiary/aromatic N) is 4. The molecule has 1 aromatic heterocycles. The molecule has 0 fully saturated rings. The first-order chi connectivity index (χ1) is 14.7. The molecule has 31 heavy (non-hydrogen) atoms. The molecule has 0 spiro atoms. The van der Waals surface area contributed by atoms with E-state index < -0.39 is 52.0 Å². The average Bonchev–Trinajstić information content (AvgIpc) is 2.71. The van der Waals surface area contributed by atoms with E-state index in [1.165, 1.54) is 18.4 Å². The number of nitrogens with two attached hydrogens (primary N) is 1. The van der Waals surface area contributed by atoms with E-state index >= 15 is 0 Å². The molecule has 13 nitrogen and oxygen atoms in total. The second-order valence-electron chi connectivity index (χ2n) is 5.56. The van der Waals surface area contributed by atoms with Gasteiger partial charge in [0.15, 0.2) is 6.61 Å². The molecular formula is C17H15N5O8S. The fourth-order valence-corrected chi connectivity index (χ4v) is 2.61. The molecule has 0 radical (unpaired) electrons. The Kier molecular flexibility index (Phi) is 7.66. The Balaban J connectivity index is 2.54. The largest absolute Gasteiger partial charge is 0.609 e. The predicted octanol–water partition coefficient (Wildman–Crippen LogP) is 0.827. The number of rotatable bonds is 9. The molecule has 0 aliphatic rings. The second kappa shape index (κ2) is 10.2. The summed E-state index contributed by atoms with van der Waals surface area (Å²) in [6, 6.07) is 5.34. The number of hydrogen-bond donors (Lipinski definition) is 1. The van der Waals surface area contributed by atoms with Crippen LogP contribution in [0.3, 0.4) is 0 Å². The molecule has 14 heteroatoms. The lowest BCUT2D eigenvalue weighted by Gasteiger charge is -2.11. The van der Waals surface area contributed by atoms with Gasteiger partial charge >= 0.3 is 28.6 Å². The average molecular weight is 449 g/mol. The summed E-state index contributed by atoms with van der Waals surface area (Å²) < 4.78 is 27.0. The van der Waals surface area contributed by atoms with Crippen LogP contribution in [-0.4, -0.2) is 50.8 Å². The van der Waals surface area contributed by atoms with Gasteiger partial charge in [0.1, 0.15) is 12.0 Å². The van der Waals surface area contributed by atoms with Crippen LogP contribution >= 0.6 is 0 Å². The fraction of sp³-hybridized carbons (Fsp3) is 0.235. The van der Waals surface area contributed by atoms with Crippen molar-refractivity contribution in [3.8, 4) is 23.6 Å². The van der Waals surface area contributed by atoms with Gasteiger partial charge in [0.25, 0.3) is 0 Å². The minimum atomic E-state index is -1.80. The number of carbonyl (C=O) groups excluding carboxylic acids is 2. The molecule has 162 valence electrons. The highest BCUT2D eigenvalue weighted by Gasteiger charge is 2.32. The number of hydrogen-bond acceptors (Lipinski definition) is 11. The van der Waals surface area contributed by atoms with E-state index in [-0.39, 0.29) is 28.6 Å². The number of ether oxygens (including phenoxy) is 3. The number of benzene rings is 1. The Bertz CT molecular complexity index is 1070. The summed E-state index contributed by atoms with van der Waals surface area (Å²) in [5.74, 6) is -3.19. The summed E-state index contributed by atoms with van der Waals surface area (Å²) in [7, 11) is 0. The minimum Gasteiger partial charge on any atom is -0.609 e. The van der Waals surface area contributed by atoms with Crippen molar-refractivity contribution < 1.29 is 33.3 Å². The molecule has 1 unspecified atom stereocenters. The zero-order valence-electron chi connectivity index (χ0n) is 16.2. The van der Waals surface area contributed by atoms with Gasteiger partial charge in [0.05, 0.1) is 28.7 Å². The Morgan fingerprint density at radius 3 is 2.55 bits per heavy atom. The van der Waals surface area contributed by atoms with Crippen molar-refractivity contribution in [2.24, 2.45) is 5.73 Å². The van der Waals surface area contributed by atoms with E-state index in [4.69, 9.17) is 20.5 Å². The van der Waals surface area contributed by atoms with Gasteiger partial charge in [-0.05, 0) is 25.1 Å². The summed E-state index contributed by atoms with van der Waals surface area (Å²) >= 11 is -1.80. The molecule has 0 saturated heterocycles. The standard InChI is InChI=1S/C17H15N5O8S/c1-3-28-12(23)8-29-15-13(22(25)26)16(21-17(20-15)31(2)27)30-10-5-4-9(7-18)11(6-10)14(19)24/h4-6H,3,8H2,1-2H3,(H2,19,24). The third-order valence-electron chi connectivity index (χ3n) is 3.46. The molecule has 0 aliphatic carbocycles. The molecule has 2 aromatic rings. The normalized spacial score (nSPS) is 11.2. The Morgan fingerprint density at radius 1 is 1.32 bits per heavy atom. The first-order valence-corrected chi connectivity index (χ1v) is 9.93. The van der Waals surface area contributed by atoms with Crippen LogP contribution in [0.4, 0.5) is 5.69 Å². The Hall–Kier alpha value is -3.96. The molecule has 1 atom stereocenters.